The molecule has 1 aliphatic carbocycles. The Morgan fingerprint density at radius 1 is 1.12 bits per heavy atom. The molecule has 0 aliphatic heterocycles. The molecule has 0 saturated heterocycles. The second-order valence-corrected chi connectivity index (χ2v) is 6.38. The van der Waals surface area contributed by atoms with E-state index in [0.29, 0.717) is 0 Å². The topological polar surface area (TPSA) is 0 Å². The molecule has 1 saturated carbocycles. The highest BCUT2D eigenvalue weighted by molar-refractivity contribution is 14.1. The van der Waals surface area contributed by atoms with Crippen LogP contribution in [0.15, 0.2) is 36.9 Å². The van der Waals surface area contributed by atoms with E-state index in [1.165, 1.54) is 42.1 Å². The van der Waals surface area contributed by atoms with Crippen molar-refractivity contribution in [2.75, 3.05) is 0 Å². The molecule has 0 atom stereocenters. The highest BCUT2D eigenvalue weighted by Crippen LogP contribution is 2.37. The molecule has 0 radical (unpaired) electrons. The van der Waals surface area contributed by atoms with Crippen LogP contribution >= 0.6 is 22.6 Å². The zero-order chi connectivity index (χ0) is 12.1. The summed E-state index contributed by atoms with van der Waals surface area (Å²) in [4.78, 5) is 0. The molecule has 0 N–H and O–H groups in total. The maximum Gasteiger partial charge on any atom is 0.0130 e. The highest BCUT2D eigenvalue weighted by atomic mass is 127. The Kier molecular flexibility index (Phi) is 5.08. The van der Waals surface area contributed by atoms with Gasteiger partial charge >= 0.3 is 0 Å². The maximum absolute atomic E-state index is 3.82. The van der Waals surface area contributed by atoms with Gasteiger partial charge in [-0.1, -0.05) is 18.2 Å². The Hall–Kier alpha value is -0.310. The fraction of sp³-hybridized carbons (Fsp3) is 0.500. The van der Waals surface area contributed by atoms with Gasteiger partial charge in [-0.25, -0.2) is 0 Å². The minimum Gasteiger partial charge on any atom is -0.103 e. The summed E-state index contributed by atoms with van der Waals surface area (Å²) in [5.41, 5.74) is 1.55. The molecule has 0 heterocycles. The van der Waals surface area contributed by atoms with E-state index in [-0.39, 0.29) is 0 Å². The van der Waals surface area contributed by atoms with Crippen LogP contribution in [0.5, 0.6) is 0 Å². The van der Waals surface area contributed by atoms with Crippen molar-refractivity contribution in [3.63, 3.8) is 0 Å². The number of halogens is 1. The molecule has 92 valence electrons. The summed E-state index contributed by atoms with van der Waals surface area (Å²) >= 11 is 2.38. The van der Waals surface area contributed by atoms with Crippen LogP contribution in [0, 0.1) is 9.49 Å². The Bertz CT molecular complexity index is 344. The van der Waals surface area contributed by atoms with Crippen molar-refractivity contribution in [2.24, 2.45) is 5.92 Å². The lowest BCUT2D eigenvalue weighted by Crippen LogP contribution is -2.13. The summed E-state index contributed by atoms with van der Waals surface area (Å²) < 4.78 is 1.34. The fourth-order valence-corrected chi connectivity index (χ4v) is 3.23. The van der Waals surface area contributed by atoms with Crippen LogP contribution in [0.1, 0.15) is 50.0 Å². The molecule has 1 fully saturated rings. The van der Waals surface area contributed by atoms with Crippen molar-refractivity contribution in [1.29, 1.82) is 0 Å². The molecule has 2 rings (SSSR count). The number of hydrogen-bond donors (Lipinski definition) is 0. The molecule has 0 aromatic heterocycles. The molecule has 0 amide bonds. The molecular weight excluding hydrogens is 319 g/mol. The molecule has 0 nitrogen and oxygen atoms in total. The summed E-state index contributed by atoms with van der Waals surface area (Å²) in [5.74, 6) is 1.76. The predicted molar refractivity (Wildman–Crippen MR) is 83.3 cm³/mol. The average molecular weight is 340 g/mol. The van der Waals surface area contributed by atoms with Gasteiger partial charge in [-0.2, -0.15) is 0 Å². The van der Waals surface area contributed by atoms with Gasteiger partial charge in [0.1, 0.15) is 0 Å². The van der Waals surface area contributed by atoms with Gasteiger partial charge in [0.2, 0.25) is 0 Å². The lowest BCUT2D eigenvalue weighted by molar-refractivity contribution is 0.312. The molecular formula is C16H21I. The monoisotopic (exact) mass is 340 g/mol. The maximum atomic E-state index is 3.82. The van der Waals surface area contributed by atoms with E-state index < -0.39 is 0 Å². The minimum absolute atomic E-state index is 0.812. The Balaban J connectivity index is 1.86. The van der Waals surface area contributed by atoms with E-state index >= 15 is 0 Å². The molecule has 0 bridgehead atoms. The molecule has 0 unspecified atom stereocenters. The van der Waals surface area contributed by atoms with E-state index in [1.807, 2.05) is 0 Å². The first-order valence-electron chi connectivity index (χ1n) is 6.66. The van der Waals surface area contributed by atoms with Crippen molar-refractivity contribution in [2.45, 2.75) is 44.4 Å². The summed E-state index contributed by atoms with van der Waals surface area (Å²) in [5, 5.41) is 0. The summed E-state index contributed by atoms with van der Waals surface area (Å²) in [6, 6.07) is 9.10. The van der Waals surface area contributed by atoms with Gasteiger partial charge in [-0.05, 0) is 90.6 Å². The van der Waals surface area contributed by atoms with Crippen molar-refractivity contribution in [3.05, 3.63) is 46.1 Å². The third-order valence-electron chi connectivity index (χ3n) is 3.97. The van der Waals surface area contributed by atoms with E-state index in [2.05, 4.69) is 59.5 Å². The molecule has 1 aromatic rings. The number of benzene rings is 1. The second kappa shape index (κ2) is 6.58. The SMILES string of the molecule is C=CCCC1CCC(c2ccc(I)cc2)CC1. The van der Waals surface area contributed by atoms with Gasteiger partial charge in [0.15, 0.2) is 0 Å². The van der Waals surface area contributed by atoms with Crippen LogP contribution in [-0.2, 0) is 0 Å². The molecule has 1 aliphatic rings. The standard InChI is InChI=1S/C16H21I/c1-2-3-4-13-5-7-14(8-6-13)15-9-11-16(17)12-10-15/h2,9-14H,1,3-8H2. The third-order valence-corrected chi connectivity index (χ3v) is 4.69. The van der Waals surface area contributed by atoms with Crippen LogP contribution in [0.4, 0.5) is 0 Å². The largest absolute Gasteiger partial charge is 0.103 e. The average Bonchev–Trinajstić information content (AvgIpc) is 2.38. The molecule has 0 spiro atoms. The van der Waals surface area contributed by atoms with E-state index in [0.717, 1.165) is 11.8 Å². The van der Waals surface area contributed by atoms with Crippen LogP contribution in [0.3, 0.4) is 0 Å². The Labute approximate surface area is 119 Å². The van der Waals surface area contributed by atoms with Gasteiger partial charge < -0.3 is 0 Å². The van der Waals surface area contributed by atoms with Gasteiger partial charge in [0.05, 0.1) is 0 Å². The van der Waals surface area contributed by atoms with E-state index in [1.54, 1.807) is 5.56 Å². The van der Waals surface area contributed by atoms with Crippen LogP contribution in [0.25, 0.3) is 0 Å². The minimum atomic E-state index is 0.812. The Morgan fingerprint density at radius 2 is 1.76 bits per heavy atom. The smallest absolute Gasteiger partial charge is 0.0130 e. The van der Waals surface area contributed by atoms with Gasteiger partial charge in [0.25, 0.3) is 0 Å². The van der Waals surface area contributed by atoms with Crippen molar-refractivity contribution < 1.29 is 0 Å². The van der Waals surface area contributed by atoms with E-state index in [4.69, 9.17) is 0 Å². The zero-order valence-electron chi connectivity index (χ0n) is 10.4. The first kappa shape index (κ1) is 13.1. The van der Waals surface area contributed by atoms with Crippen molar-refractivity contribution in [1.82, 2.24) is 0 Å². The van der Waals surface area contributed by atoms with Crippen LogP contribution in [0.2, 0.25) is 0 Å². The number of allylic oxidation sites excluding steroid dienone is 1. The van der Waals surface area contributed by atoms with Crippen molar-refractivity contribution >= 4 is 22.6 Å². The summed E-state index contributed by atoms with van der Waals surface area (Å²) in [6.45, 7) is 3.82. The molecule has 1 aromatic carbocycles. The lowest BCUT2D eigenvalue weighted by Gasteiger charge is -2.28. The van der Waals surface area contributed by atoms with Crippen molar-refractivity contribution in [3.8, 4) is 0 Å². The second-order valence-electron chi connectivity index (χ2n) is 5.14. The van der Waals surface area contributed by atoms with Gasteiger partial charge in [-0.3, -0.25) is 0 Å². The normalized spacial score (nSPS) is 24.5. The van der Waals surface area contributed by atoms with Gasteiger partial charge in [-0.15, -0.1) is 6.58 Å². The third kappa shape index (κ3) is 3.84. The number of hydrogen-bond acceptors (Lipinski definition) is 0. The zero-order valence-corrected chi connectivity index (χ0v) is 12.5. The number of rotatable bonds is 4. The van der Waals surface area contributed by atoms with Crippen LogP contribution < -0.4 is 0 Å². The van der Waals surface area contributed by atoms with Crippen LogP contribution in [-0.4, -0.2) is 0 Å². The van der Waals surface area contributed by atoms with Gasteiger partial charge in [0, 0.05) is 3.57 Å². The predicted octanol–water partition coefficient (Wildman–Crippen LogP) is 5.53. The summed E-state index contributed by atoms with van der Waals surface area (Å²) in [7, 11) is 0. The quantitative estimate of drug-likeness (QED) is 0.499. The van der Waals surface area contributed by atoms with E-state index in [9.17, 15) is 0 Å². The highest BCUT2D eigenvalue weighted by Gasteiger charge is 2.21. The first-order valence-corrected chi connectivity index (χ1v) is 7.74. The summed E-state index contributed by atoms with van der Waals surface area (Å²) in [6.07, 6.45) is 10.2. The molecule has 1 heteroatoms. The Morgan fingerprint density at radius 3 is 2.35 bits per heavy atom. The first-order chi connectivity index (χ1) is 8.29. The molecule has 17 heavy (non-hydrogen) atoms. The lowest BCUT2D eigenvalue weighted by atomic mass is 9.77. The fourth-order valence-electron chi connectivity index (χ4n) is 2.87.